The van der Waals surface area contributed by atoms with Crippen molar-refractivity contribution in [3.63, 3.8) is 0 Å². The number of hydrogen-bond acceptors (Lipinski definition) is 6. The Balaban J connectivity index is 1.54. The summed E-state index contributed by atoms with van der Waals surface area (Å²) in [6, 6.07) is 5.40. The second-order valence-electron chi connectivity index (χ2n) is 5.94. The summed E-state index contributed by atoms with van der Waals surface area (Å²) in [7, 11) is 0. The first kappa shape index (κ1) is 17.8. The van der Waals surface area contributed by atoms with Crippen LogP contribution in [0.2, 0.25) is 0 Å². The summed E-state index contributed by atoms with van der Waals surface area (Å²) in [6.07, 6.45) is 4.37. The van der Waals surface area contributed by atoms with Gasteiger partial charge in [0, 0.05) is 16.7 Å². The summed E-state index contributed by atoms with van der Waals surface area (Å²) in [5.41, 5.74) is 1.25. The number of ketones is 1. The van der Waals surface area contributed by atoms with E-state index in [0.29, 0.717) is 16.3 Å². The second kappa shape index (κ2) is 7.93. The maximum absolute atomic E-state index is 12.2. The average molecular weight is 377 g/mol. The molecule has 1 aliphatic rings. The largest absolute Gasteiger partial charge is 0.453 e. The van der Waals surface area contributed by atoms with Crippen molar-refractivity contribution in [2.75, 3.05) is 6.61 Å². The summed E-state index contributed by atoms with van der Waals surface area (Å²) in [5.74, 6) is -0.773. The molecule has 0 aromatic carbocycles. The van der Waals surface area contributed by atoms with Gasteiger partial charge in [-0.25, -0.2) is 4.79 Å². The molecule has 1 N–H and O–H groups in total. The van der Waals surface area contributed by atoms with E-state index in [2.05, 4.69) is 5.32 Å². The fraction of sp³-hybridized carbons (Fsp3) is 0.389. The molecule has 2 aromatic heterocycles. The lowest BCUT2D eigenvalue weighted by molar-refractivity contribution is -0.119. The molecule has 2 heterocycles. The minimum atomic E-state index is -0.428. The Labute approximate surface area is 154 Å². The van der Waals surface area contributed by atoms with Gasteiger partial charge in [0.25, 0.3) is 0 Å². The maximum atomic E-state index is 12.2. The van der Waals surface area contributed by atoms with Crippen LogP contribution in [-0.2, 0) is 28.9 Å². The van der Waals surface area contributed by atoms with Crippen LogP contribution in [0.15, 0.2) is 18.2 Å². The lowest BCUT2D eigenvalue weighted by atomic mass is 9.99. The topological polar surface area (TPSA) is 72.5 Å². The monoisotopic (exact) mass is 377 g/mol. The predicted octanol–water partition coefficient (Wildman–Crippen LogP) is 3.36. The van der Waals surface area contributed by atoms with Crippen LogP contribution in [0, 0.1) is 0 Å². The molecule has 1 amide bonds. The number of carbonyl (C=O) groups excluding carboxylic acids is 3. The number of rotatable bonds is 6. The van der Waals surface area contributed by atoms with Crippen molar-refractivity contribution in [3.8, 4) is 0 Å². The summed E-state index contributed by atoms with van der Waals surface area (Å²) in [5, 5.41) is 2.69. The van der Waals surface area contributed by atoms with E-state index in [4.69, 9.17) is 4.74 Å². The van der Waals surface area contributed by atoms with Gasteiger partial charge < -0.3 is 10.1 Å². The van der Waals surface area contributed by atoms with Crippen molar-refractivity contribution in [2.45, 2.75) is 39.2 Å². The third-order valence-corrected chi connectivity index (χ3v) is 6.32. The number of nitrogens with one attached hydrogen (secondary N) is 1. The Bertz CT molecular complexity index is 782. The van der Waals surface area contributed by atoms with Crippen molar-refractivity contribution in [3.05, 3.63) is 43.3 Å². The maximum Gasteiger partial charge on any atom is 0.348 e. The van der Waals surface area contributed by atoms with E-state index in [0.717, 1.165) is 24.1 Å². The molecule has 3 rings (SSSR count). The number of Topliss-reactive ketones (excluding diaryl/α,β-unsaturated/α-hetero) is 1. The van der Waals surface area contributed by atoms with Crippen molar-refractivity contribution >= 4 is 40.3 Å². The molecule has 7 heteroatoms. The molecular formula is C18H19NO4S2. The number of hydrogen-bond donors (Lipinski definition) is 1. The van der Waals surface area contributed by atoms with Crippen LogP contribution in [0.25, 0.3) is 0 Å². The molecule has 0 radical (unpaired) electrons. The van der Waals surface area contributed by atoms with E-state index in [9.17, 15) is 14.4 Å². The van der Waals surface area contributed by atoms with Crippen LogP contribution in [0.1, 0.15) is 54.4 Å². The third kappa shape index (κ3) is 4.55. The normalized spacial score (nSPS) is 13.2. The standard InChI is InChI=1S/C18H19NO4S2/c1-11(20)19-9-13-6-7-16(24-13)14(21)10-23-18(22)17-8-12-4-2-3-5-15(12)25-17/h6-8H,2-5,9-10H2,1H3,(H,19,20). The molecule has 0 spiro atoms. The van der Waals surface area contributed by atoms with E-state index < -0.39 is 5.97 Å². The molecule has 25 heavy (non-hydrogen) atoms. The van der Waals surface area contributed by atoms with Crippen LogP contribution in [0.5, 0.6) is 0 Å². The summed E-state index contributed by atoms with van der Waals surface area (Å²) < 4.78 is 5.19. The first-order valence-corrected chi connectivity index (χ1v) is 9.81. The van der Waals surface area contributed by atoms with Crippen LogP contribution in [0.4, 0.5) is 0 Å². The van der Waals surface area contributed by atoms with Crippen molar-refractivity contribution in [1.82, 2.24) is 5.32 Å². The Morgan fingerprint density at radius 2 is 1.92 bits per heavy atom. The highest BCUT2D eigenvalue weighted by molar-refractivity contribution is 7.14. The van der Waals surface area contributed by atoms with E-state index in [1.165, 1.54) is 46.5 Å². The van der Waals surface area contributed by atoms with Gasteiger partial charge in [0.2, 0.25) is 11.7 Å². The molecule has 0 fully saturated rings. The summed E-state index contributed by atoms with van der Waals surface area (Å²) >= 11 is 2.78. The Morgan fingerprint density at radius 1 is 1.12 bits per heavy atom. The molecule has 0 unspecified atom stereocenters. The van der Waals surface area contributed by atoms with Gasteiger partial charge in [0.15, 0.2) is 6.61 Å². The highest BCUT2D eigenvalue weighted by Gasteiger charge is 2.19. The highest BCUT2D eigenvalue weighted by Crippen LogP contribution is 2.30. The Morgan fingerprint density at radius 3 is 2.68 bits per heavy atom. The third-order valence-electron chi connectivity index (χ3n) is 3.98. The van der Waals surface area contributed by atoms with Gasteiger partial charge in [-0.1, -0.05) is 0 Å². The number of ether oxygens (including phenoxy) is 1. The van der Waals surface area contributed by atoms with E-state index in [-0.39, 0.29) is 18.3 Å². The SMILES string of the molecule is CC(=O)NCc1ccc(C(=O)COC(=O)c2cc3c(s2)CCCC3)s1. The molecule has 132 valence electrons. The van der Waals surface area contributed by atoms with Crippen LogP contribution >= 0.6 is 22.7 Å². The Hall–Kier alpha value is -1.99. The first-order chi connectivity index (χ1) is 12.0. The predicted molar refractivity (Wildman–Crippen MR) is 97.4 cm³/mol. The van der Waals surface area contributed by atoms with E-state index >= 15 is 0 Å². The summed E-state index contributed by atoms with van der Waals surface area (Å²) in [6.45, 7) is 1.58. The van der Waals surface area contributed by atoms with Crippen molar-refractivity contribution in [1.29, 1.82) is 0 Å². The highest BCUT2D eigenvalue weighted by atomic mass is 32.1. The van der Waals surface area contributed by atoms with Gasteiger partial charge in [-0.2, -0.15) is 0 Å². The minimum absolute atomic E-state index is 0.117. The number of amides is 1. The quantitative estimate of drug-likeness (QED) is 0.619. The number of carbonyl (C=O) groups is 3. The minimum Gasteiger partial charge on any atom is -0.453 e. The zero-order valence-corrected chi connectivity index (χ0v) is 15.6. The molecule has 0 atom stereocenters. The van der Waals surface area contributed by atoms with Crippen LogP contribution < -0.4 is 5.32 Å². The molecular weight excluding hydrogens is 358 g/mol. The molecule has 0 saturated carbocycles. The smallest absolute Gasteiger partial charge is 0.348 e. The summed E-state index contributed by atoms with van der Waals surface area (Å²) in [4.78, 5) is 38.5. The fourth-order valence-electron chi connectivity index (χ4n) is 2.70. The van der Waals surface area contributed by atoms with Crippen LogP contribution in [-0.4, -0.2) is 24.3 Å². The first-order valence-electron chi connectivity index (χ1n) is 8.18. The van der Waals surface area contributed by atoms with Gasteiger partial charge in [0.05, 0.1) is 11.4 Å². The fourth-order valence-corrected chi connectivity index (χ4v) is 4.72. The number of aryl methyl sites for hydroxylation is 2. The van der Waals surface area contributed by atoms with Gasteiger partial charge >= 0.3 is 5.97 Å². The second-order valence-corrected chi connectivity index (χ2v) is 8.25. The molecule has 2 aromatic rings. The lowest BCUT2D eigenvalue weighted by Crippen LogP contribution is -2.18. The molecule has 1 aliphatic carbocycles. The number of thiophene rings is 2. The van der Waals surface area contributed by atoms with Gasteiger partial charge in [-0.3, -0.25) is 9.59 Å². The van der Waals surface area contributed by atoms with Gasteiger partial charge in [-0.05, 0) is 49.4 Å². The number of esters is 1. The lowest BCUT2D eigenvalue weighted by Gasteiger charge is -2.08. The van der Waals surface area contributed by atoms with E-state index in [1.54, 1.807) is 12.1 Å². The zero-order valence-electron chi connectivity index (χ0n) is 13.9. The molecule has 0 aliphatic heterocycles. The van der Waals surface area contributed by atoms with Gasteiger partial charge in [-0.15, -0.1) is 22.7 Å². The molecule has 0 saturated heterocycles. The Kier molecular flexibility index (Phi) is 5.65. The number of fused-ring (bicyclic) bond motifs is 1. The van der Waals surface area contributed by atoms with Crippen molar-refractivity contribution in [2.24, 2.45) is 0 Å². The van der Waals surface area contributed by atoms with Crippen molar-refractivity contribution < 1.29 is 19.1 Å². The van der Waals surface area contributed by atoms with Crippen LogP contribution in [0.3, 0.4) is 0 Å². The zero-order chi connectivity index (χ0) is 17.8. The van der Waals surface area contributed by atoms with E-state index in [1.807, 2.05) is 6.07 Å². The molecule has 5 nitrogen and oxygen atoms in total. The van der Waals surface area contributed by atoms with Gasteiger partial charge in [0.1, 0.15) is 4.88 Å². The molecule has 0 bridgehead atoms. The average Bonchev–Trinajstić information content (AvgIpc) is 3.24.